The van der Waals surface area contributed by atoms with Gasteiger partial charge in [-0.25, -0.2) is 0 Å². The number of carbonyl (C=O) groups is 2. The fourth-order valence-corrected chi connectivity index (χ4v) is 2.68. The molecule has 0 spiro atoms. The molecule has 2 aromatic carbocycles. The lowest BCUT2D eigenvalue weighted by molar-refractivity contribution is -0.137. The van der Waals surface area contributed by atoms with Gasteiger partial charge in [0.25, 0.3) is 5.91 Å². The summed E-state index contributed by atoms with van der Waals surface area (Å²) in [6.07, 6.45) is -4.53. The summed E-state index contributed by atoms with van der Waals surface area (Å²) >= 11 is 0. The van der Waals surface area contributed by atoms with E-state index in [-0.39, 0.29) is 30.5 Å². The average molecular weight is 430 g/mol. The van der Waals surface area contributed by atoms with Crippen molar-refractivity contribution in [2.45, 2.75) is 12.2 Å². The van der Waals surface area contributed by atoms with Crippen LogP contribution in [-0.4, -0.2) is 37.6 Å². The average Bonchev–Trinajstić information content (AvgIpc) is 2.68. The first-order chi connectivity index (χ1) is 13.3. The molecule has 0 aliphatic carbocycles. The second-order valence-corrected chi connectivity index (χ2v) is 6.18. The van der Waals surface area contributed by atoms with E-state index in [9.17, 15) is 22.8 Å². The third kappa shape index (κ3) is 6.18. The molecule has 1 atom stereocenters. The normalized spacial score (nSPS) is 16.4. The van der Waals surface area contributed by atoms with Gasteiger partial charge in [-0.05, 0) is 36.4 Å². The van der Waals surface area contributed by atoms with Gasteiger partial charge in [0.2, 0.25) is 5.91 Å². The first-order valence-electron chi connectivity index (χ1n) is 8.53. The standard InChI is InChI=1S/C19H18F3N3O3.ClH/c20-19(21,22)13-4-1-3-12(9-13)17(26)24-14-5-2-6-15(10-14)25-18(27)16-11-28-8-7-23-16;/h1-6,9-10,16,23H,7-8,11H2,(H,24,26)(H,25,27);1H. The zero-order valence-electron chi connectivity index (χ0n) is 15.1. The van der Waals surface area contributed by atoms with Gasteiger partial charge in [-0.1, -0.05) is 12.1 Å². The molecule has 0 aromatic heterocycles. The minimum Gasteiger partial charge on any atom is -0.378 e. The highest BCUT2D eigenvalue weighted by molar-refractivity contribution is 6.05. The van der Waals surface area contributed by atoms with Crippen LogP contribution in [0.3, 0.4) is 0 Å². The third-order valence-electron chi connectivity index (χ3n) is 4.08. The Morgan fingerprint density at radius 2 is 1.72 bits per heavy atom. The summed E-state index contributed by atoms with van der Waals surface area (Å²) in [6.45, 7) is 1.38. The van der Waals surface area contributed by atoms with Gasteiger partial charge in [-0.15, -0.1) is 12.4 Å². The molecule has 2 aromatic rings. The number of rotatable bonds is 4. The number of benzene rings is 2. The highest BCUT2D eigenvalue weighted by Crippen LogP contribution is 2.29. The predicted molar refractivity (Wildman–Crippen MR) is 104 cm³/mol. The van der Waals surface area contributed by atoms with Crippen molar-refractivity contribution in [2.75, 3.05) is 30.4 Å². The molecule has 1 aliphatic rings. The Labute approximate surface area is 171 Å². The molecule has 1 heterocycles. The Morgan fingerprint density at radius 1 is 1.03 bits per heavy atom. The van der Waals surface area contributed by atoms with Crippen molar-refractivity contribution < 1.29 is 27.5 Å². The number of carbonyl (C=O) groups excluding carboxylic acids is 2. The van der Waals surface area contributed by atoms with Crippen LogP contribution in [0.15, 0.2) is 48.5 Å². The van der Waals surface area contributed by atoms with Crippen molar-refractivity contribution in [2.24, 2.45) is 0 Å². The van der Waals surface area contributed by atoms with E-state index in [2.05, 4.69) is 16.0 Å². The van der Waals surface area contributed by atoms with Crippen LogP contribution in [0.1, 0.15) is 15.9 Å². The Bertz CT molecular complexity index is 871. The van der Waals surface area contributed by atoms with Crippen LogP contribution in [0, 0.1) is 0 Å². The third-order valence-corrected chi connectivity index (χ3v) is 4.08. The number of morpholine rings is 1. The molecular weight excluding hydrogens is 411 g/mol. The topological polar surface area (TPSA) is 79.5 Å². The lowest BCUT2D eigenvalue weighted by Gasteiger charge is -2.23. The molecule has 0 saturated carbocycles. The van der Waals surface area contributed by atoms with Crippen molar-refractivity contribution >= 4 is 35.6 Å². The summed E-state index contributed by atoms with van der Waals surface area (Å²) < 4.78 is 43.6. The van der Waals surface area contributed by atoms with Crippen molar-refractivity contribution in [3.63, 3.8) is 0 Å². The lowest BCUT2D eigenvalue weighted by atomic mass is 10.1. The Balaban J connectivity index is 0.00000300. The summed E-state index contributed by atoms with van der Waals surface area (Å²) in [7, 11) is 0. The molecule has 10 heteroatoms. The molecule has 3 N–H and O–H groups in total. The van der Waals surface area contributed by atoms with E-state index < -0.39 is 23.7 Å². The van der Waals surface area contributed by atoms with Crippen LogP contribution in [0.4, 0.5) is 24.5 Å². The van der Waals surface area contributed by atoms with Crippen LogP contribution in [0.2, 0.25) is 0 Å². The second kappa shape index (κ2) is 9.73. The van der Waals surface area contributed by atoms with Gasteiger partial charge < -0.3 is 20.7 Å². The zero-order valence-corrected chi connectivity index (χ0v) is 15.9. The molecule has 1 unspecified atom stereocenters. The Morgan fingerprint density at radius 3 is 2.38 bits per heavy atom. The number of hydrogen-bond donors (Lipinski definition) is 3. The van der Waals surface area contributed by atoms with Crippen molar-refractivity contribution in [3.8, 4) is 0 Å². The maximum absolute atomic E-state index is 12.8. The van der Waals surface area contributed by atoms with Gasteiger partial charge >= 0.3 is 6.18 Å². The molecule has 6 nitrogen and oxygen atoms in total. The van der Waals surface area contributed by atoms with Crippen LogP contribution in [0.5, 0.6) is 0 Å². The van der Waals surface area contributed by atoms with Crippen LogP contribution in [0.25, 0.3) is 0 Å². The highest BCUT2D eigenvalue weighted by Gasteiger charge is 2.31. The van der Waals surface area contributed by atoms with E-state index in [1.165, 1.54) is 18.2 Å². The smallest absolute Gasteiger partial charge is 0.378 e. The van der Waals surface area contributed by atoms with Gasteiger partial charge in [-0.3, -0.25) is 9.59 Å². The van der Waals surface area contributed by atoms with Gasteiger partial charge in [-0.2, -0.15) is 13.2 Å². The SMILES string of the molecule is Cl.O=C(Nc1cccc(NC(=O)C2COCCN2)c1)c1cccc(C(F)(F)F)c1. The predicted octanol–water partition coefficient (Wildman–Crippen LogP) is 3.31. The summed E-state index contributed by atoms with van der Waals surface area (Å²) in [5.74, 6) is -0.960. The highest BCUT2D eigenvalue weighted by atomic mass is 35.5. The Kier molecular flexibility index (Phi) is 7.60. The number of hydrogen-bond acceptors (Lipinski definition) is 4. The van der Waals surface area contributed by atoms with E-state index >= 15 is 0 Å². The van der Waals surface area contributed by atoms with Crippen molar-refractivity contribution in [1.29, 1.82) is 0 Å². The molecule has 0 radical (unpaired) electrons. The van der Waals surface area contributed by atoms with Crippen molar-refractivity contribution in [1.82, 2.24) is 5.32 Å². The molecule has 3 rings (SSSR count). The summed E-state index contributed by atoms with van der Waals surface area (Å²) in [6, 6.07) is 10.0. The lowest BCUT2D eigenvalue weighted by Crippen LogP contribution is -2.48. The number of amides is 2. The minimum absolute atomic E-state index is 0. The van der Waals surface area contributed by atoms with E-state index in [4.69, 9.17) is 4.74 Å². The number of halogens is 4. The van der Waals surface area contributed by atoms with Crippen molar-refractivity contribution in [3.05, 3.63) is 59.7 Å². The van der Waals surface area contributed by atoms with Crippen LogP contribution < -0.4 is 16.0 Å². The van der Waals surface area contributed by atoms with E-state index in [1.807, 2.05) is 0 Å². The van der Waals surface area contributed by atoms with Crippen LogP contribution >= 0.6 is 12.4 Å². The first-order valence-corrected chi connectivity index (χ1v) is 8.53. The fraction of sp³-hybridized carbons (Fsp3) is 0.263. The Hall–Kier alpha value is -2.62. The van der Waals surface area contributed by atoms with Gasteiger partial charge in [0, 0.05) is 23.5 Å². The van der Waals surface area contributed by atoms with Gasteiger partial charge in [0.05, 0.1) is 18.8 Å². The van der Waals surface area contributed by atoms with Gasteiger partial charge in [0.15, 0.2) is 0 Å². The molecule has 0 bridgehead atoms. The minimum atomic E-state index is -4.53. The molecule has 156 valence electrons. The molecule has 1 fully saturated rings. The zero-order chi connectivity index (χ0) is 20.1. The first kappa shape index (κ1) is 22.7. The second-order valence-electron chi connectivity index (χ2n) is 6.18. The molecule has 1 saturated heterocycles. The van der Waals surface area contributed by atoms with E-state index in [0.717, 1.165) is 12.1 Å². The van der Waals surface area contributed by atoms with E-state index in [1.54, 1.807) is 18.2 Å². The number of alkyl halides is 3. The maximum Gasteiger partial charge on any atom is 0.416 e. The van der Waals surface area contributed by atoms with Crippen LogP contribution in [-0.2, 0) is 15.7 Å². The molecular formula is C19H19ClF3N3O3. The largest absolute Gasteiger partial charge is 0.416 e. The molecule has 1 aliphatic heterocycles. The van der Waals surface area contributed by atoms with E-state index in [0.29, 0.717) is 24.5 Å². The molecule has 2 amide bonds. The summed E-state index contributed by atoms with van der Waals surface area (Å²) in [5, 5.41) is 8.27. The number of anilines is 2. The maximum atomic E-state index is 12.8. The monoisotopic (exact) mass is 429 g/mol. The van der Waals surface area contributed by atoms with Gasteiger partial charge in [0.1, 0.15) is 6.04 Å². The number of nitrogens with one attached hydrogen (secondary N) is 3. The fourth-order valence-electron chi connectivity index (χ4n) is 2.68. The quantitative estimate of drug-likeness (QED) is 0.696. The number of ether oxygens (including phenoxy) is 1. The summed E-state index contributed by atoms with van der Waals surface area (Å²) in [5.41, 5.74) is -0.233. The molecule has 29 heavy (non-hydrogen) atoms. The summed E-state index contributed by atoms with van der Waals surface area (Å²) in [4.78, 5) is 24.5.